The molecule has 3 N–H and O–H groups in total. The predicted molar refractivity (Wildman–Crippen MR) is 52.9 cm³/mol. The van der Waals surface area contributed by atoms with Crippen LogP contribution in [-0.4, -0.2) is 6.54 Å². The lowest BCUT2D eigenvalue weighted by atomic mass is 9.97. The van der Waals surface area contributed by atoms with Gasteiger partial charge in [0.1, 0.15) is 5.69 Å². The van der Waals surface area contributed by atoms with Gasteiger partial charge in [-0.1, -0.05) is 11.6 Å². The lowest BCUT2D eigenvalue weighted by Crippen LogP contribution is -2.43. The summed E-state index contributed by atoms with van der Waals surface area (Å²) in [6.45, 7) is 3.33. The summed E-state index contributed by atoms with van der Waals surface area (Å²) in [6, 6.07) is 2.11. The van der Waals surface area contributed by atoms with Crippen LogP contribution in [0.5, 0.6) is 0 Å². The van der Waals surface area contributed by atoms with Gasteiger partial charge in [0, 0.05) is 12.6 Å². The Morgan fingerprint density at radius 3 is 3.31 bits per heavy atom. The van der Waals surface area contributed by atoms with E-state index in [9.17, 15) is 0 Å². The molecule has 0 amide bonds. The maximum Gasteiger partial charge on any atom is 0.222 e. The first-order valence-electron chi connectivity index (χ1n) is 4.81. The molecule has 13 heavy (non-hydrogen) atoms. The topological polar surface area (TPSA) is 41.9 Å². The van der Waals surface area contributed by atoms with Crippen LogP contribution in [0.2, 0.25) is 0 Å². The molecule has 0 bridgehead atoms. The van der Waals surface area contributed by atoms with Crippen molar-refractivity contribution in [2.45, 2.75) is 25.7 Å². The largest absolute Gasteiger partial charge is 0.380 e. The van der Waals surface area contributed by atoms with Crippen molar-refractivity contribution in [1.29, 1.82) is 0 Å². The predicted octanol–water partition coefficient (Wildman–Crippen LogP) is 0.997. The summed E-state index contributed by atoms with van der Waals surface area (Å²) in [4.78, 5) is 0. The summed E-state index contributed by atoms with van der Waals surface area (Å²) < 4.78 is 1.60. The fraction of sp³-hybridized carbons (Fsp3) is 0.500. The molecule has 3 heteroatoms. The quantitative estimate of drug-likeness (QED) is 0.459. The number of nitrogens with one attached hydrogen (secondary N) is 1. The van der Waals surface area contributed by atoms with Gasteiger partial charge in [0.05, 0.1) is 0 Å². The Hall–Kier alpha value is -1.25. The molecule has 1 aliphatic rings. The van der Waals surface area contributed by atoms with Crippen molar-refractivity contribution in [2.75, 3.05) is 17.7 Å². The third-order valence-corrected chi connectivity index (χ3v) is 2.68. The number of aromatic nitrogens is 1. The smallest absolute Gasteiger partial charge is 0.222 e. The molecule has 1 unspecified atom stereocenters. The van der Waals surface area contributed by atoms with Crippen LogP contribution in [0.1, 0.15) is 31.2 Å². The van der Waals surface area contributed by atoms with Crippen LogP contribution in [0, 0.1) is 0 Å². The van der Waals surface area contributed by atoms with Gasteiger partial charge in [-0.15, -0.1) is 0 Å². The van der Waals surface area contributed by atoms with Crippen LogP contribution in [-0.2, 0) is 0 Å². The van der Waals surface area contributed by atoms with Crippen molar-refractivity contribution in [3.63, 3.8) is 0 Å². The second-order valence-electron chi connectivity index (χ2n) is 3.73. The van der Waals surface area contributed by atoms with E-state index in [1.807, 2.05) is 12.4 Å². The van der Waals surface area contributed by atoms with E-state index in [0.717, 1.165) is 6.54 Å². The van der Waals surface area contributed by atoms with Crippen LogP contribution in [0.4, 0.5) is 5.69 Å². The Labute approximate surface area is 78.5 Å². The number of fused-ring (bicyclic) bond motifs is 1. The zero-order chi connectivity index (χ0) is 9.26. The summed E-state index contributed by atoms with van der Waals surface area (Å²) >= 11 is 0. The summed E-state index contributed by atoms with van der Waals surface area (Å²) in [5, 5.41) is 3.40. The van der Waals surface area contributed by atoms with Crippen LogP contribution in [0.25, 0.3) is 0 Å². The van der Waals surface area contributed by atoms with Gasteiger partial charge in [0.25, 0.3) is 0 Å². The maximum atomic E-state index is 5.65. The zero-order valence-electron chi connectivity index (χ0n) is 7.96. The number of nitrogens with zero attached hydrogens (tertiary/aromatic N) is 1. The number of rotatable bonds is 0. The van der Waals surface area contributed by atoms with Crippen molar-refractivity contribution in [3.05, 3.63) is 24.0 Å². The van der Waals surface area contributed by atoms with Gasteiger partial charge in [-0.05, 0) is 24.3 Å². The highest BCUT2D eigenvalue weighted by molar-refractivity contribution is 5.50. The van der Waals surface area contributed by atoms with E-state index in [2.05, 4.69) is 18.3 Å². The van der Waals surface area contributed by atoms with Crippen molar-refractivity contribution < 1.29 is 4.68 Å². The van der Waals surface area contributed by atoms with Crippen LogP contribution < -0.4 is 15.8 Å². The Morgan fingerprint density at radius 2 is 2.46 bits per heavy atom. The first-order valence-corrected chi connectivity index (χ1v) is 4.81. The molecule has 70 valence electrons. The number of nitrogen functional groups attached to an aromatic ring is 1. The number of hydrogen-bond acceptors (Lipinski definition) is 2. The molecule has 1 atom stereocenters. The molecular weight excluding hydrogens is 162 g/mol. The number of nitrogens with two attached hydrogens (primary N) is 1. The van der Waals surface area contributed by atoms with Crippen LogP contribution in [0.3, 0.4) is 0 Å². The standard InChI is InChI=1S/C10H16N3/c1-8-3-2-5-12-10-7-13(11)6-4-9(8)10/h4,6-8,12H,2-3,5,11H2,1H3/q+1. The van der Waals surface area contributed by atoms with Crippen molar-refractivity contribution in [2.24, 2.45) is 0 Å². The van der Waals surface area contributed by atoms with Crippen molar-refractivity contribution in [1.82, 2.24) is 0 Å². The van der Waals surface area contributed by atoms with Gasteiger partial charge in [-0.2, -0.15) is 0 Å². The Kier molecular flexibility index (Phi) is 2.08. The molecule has 0 saturated heterocycles. The van der Waals surface area contributed by atoms with Gasteiger partial charge in [-0.25, -0.2) is 5.84 Å². The Balaban J connectivity index is 2.42. The van der Waals surface area contributed by atoms with E-state index >= 15 is 0 Å². The molecule has 0 saturated carbocycles. The van der Waals surface area contributed by atoms with Crippen molar-refractivity contribution >= 4 is 5.69 Å². The number of pyridine rings is 1. The molecule has 0 aromatic carbocycles. The molecule has 2 rings (SSSR count). The monoisotopic (exact) mass is 178 g/mol. The highest BCUT2D eigenvalue weighted by atomic mass is 15.3. The zero-order valence-corrected chi connectivity index (χ0v) is 7.96. The third-order valence-electron chi connectivity index (χ3n) is 2.68. The highest BCUT2D eigenvalue weighted by Crippen LogP contribution is 2.28. The molecule has 2 heterocycles. The van der Waals surface area contributed by atoms with Gasteiger partial charge < -0.3 is 5.32 Å². The van der Waals surface area contributed by atoms with Crippen molar-refractivity contribution in [3.8, 4) is 0 Å². The number of anilines is 1. The van der Waals surface area contributed by atoms with E-state index in [1.165, 1.54) is 24.1 Å². The molecule has 1 aliphatic heterocycles. The highest BCUT2D eigenvalue weighted by Gasteiger charge is 2.16. The maximum absolute atomic E-state index is 5.65. The van der Waals surface area contributed by atoms with Gasteiger partial charge in [-0.3, -0.25) is 0 Å². The minimum absolute atomic E-state index is 0.645. The molecular formula is C10H16N3+. The second kappa shape index (κ2) is 3.24. The lowest BCUT2D eigenvalue weighted by molar-refractivity contribution is -0.638. The molecule has 0 radical (unpaired) electrons. The Morgan fingerprint density at radius 1 is 1.62 bits per heavy atom. The van der Waals surface area contributed by atoms with E-state index in [1.54, 1.807) is 4.68 Å². The molecule has 3 nitrogen and oxygen atoms in total. The average Bonchev–Trinajstić information content (AvgIpc) is 2.28. The molecule has 1 aromatic rings. The van der Waals surface area contributed by atoms with Gasteiger partial charge >= 0.3 is 0 Å². The van der Waals surface area contributed by atoms with Gasteiger partial charge in [0.2, 0.25) is 6.20 Å². The first-order chi connectivity index (χ1) is 6.27. The summed E-state index contributed by atoms with van der Waals surface area (Å²) in [7, 11) is 0. The molecule has 0 spiro atoms. The fourth-order valence-corrected chi connectivity index (χ4v) is 1.89. The molecule has 0 aliphatic carbocycles. The van der Waals surface area contributed by atoms with E-state index in [-0.39, 0.29) is 0 Å². The minimum atomic E-state index is 0.645. The average molecular weight is 178 g/mol. The summed E-state index contributed by atoms with van der Waals surface area (Å²) in [5.41, 5.74) is 2.58. The van der Waals surface area contributed by atoms with Crippen LogP contribution >= 0.6 is 0 Å². The SMILES string of the molecule is CC1CCCNc2c[n+](N)ccc21. The normalized spacial score (nSPS) is 21.5. The molecule has 1 aromatic heterocycles. The van der Waals surface area contributed by atoms with Gasteiger partial charge in [0.15, 0.2) is 6.20 Å². The van der Waals surface area contributed by atoms with E-state index in [4.69, 9.17) is 5.84 Å². The van der Waals surface area contributed by atoms with E-state index in [0.29, 0.717) is 5.92 Å². The number of hydrogen-bond donors (Lipinski definition) is 2. The fourth-order valence-electron chi connectivity index (χ4n) is 1.89. The Bertz CT molecular complexity index is 309. The first kappa shape index (κ1) is 8.35. The second-order valence-corrected chi connectivity index (χ2v) is 3.73. The molecule has 0 fully saturated rings. The summed E-state index contributed by atoms with van der Waals surface area (Å²) in [6.07, 6.45) is 6.36. The minimum Gasteiger partial charge on any atom is -0.380 e. The lowest BCUT2D eigenvalue weighted by Gasteiger charge is -2.09. The van der Waals surface area contributed by atoms with E-state index < -0.39 is 0 Å². The van der Waals surface area contributed by atoms with Crippen LogP contribution in [0.15, 0.2) is 18.5 Å². The summed E-state index contributed by atoms with van der Waals surface area (Å²) in [5.74, 6) is 6.30. The third kappa shape index (κ3) is 1.59.